The second kappa shape index (κ2) is 13.0. The molecule has 0 saturated heterocycles. The predicted octanol–water partition coefficient (Wildman–Crippen LogP) is 4.15. The van der Waals surface area contributed by atoms with Gasteiger partial charge in [-0.25, -0.2) is 8.42 Å². The summed E-state index contributed by atoms with van der Waals surface area (Å²) in [6.07, 6.45) is 2.14. The molecular weight excluding hydrogens is 502 g/mol. The molecule has 0 aromatic heterocycles. The van der Waals surface area contributed by atoms with Crippen LogP contribution in [0.3, 0.4) is 0 Å². The van der Waals surface area contributed by atoms with Gasteiger partial charge in [0, 0.05) is 12.6 Å². The Hall–Kier alpha value is -2.78. The highest BCUT2D eigenvalue weighted by Gasteiger charge is 2.32. The van der Waals surface area contributed by atoms with Crippen LogP contribution in [0.1, 0.15) is 44.7 Å². The Bertz CT molecular complexity index is 1150. The van der Waals surface area contributed by atoms with Crippen molar-refractivity contribution < 1.29 is 22.7 Å². The van der Waals surface area contributed by atoms with E-state index >= 15 is 0 Å². The first-order valence-electron chi connectivity index (χ1n) is 11.9. The molecule has 0 aliphatic heterocycles. The van der Waals surface area contributed by atoms with E-state index in [2.05, 4.69) is 5.32 Å². The molecule has 0 saturated carbocycles. The molecule has 198 valence electrons. The molecule has 2 rings (SSSR count). The number of nitrogens with zero attached hydrogens (tertiary/aromatic N) is 2. The maximum Gasteiger partial charge on any atom is 0.244 e. The Morgan fingerprint density at radius 1 is 1.08 bits per heavy atom. The molecule has 36 heavy (non-hydrogen) atoms. The third kappa shape index (κ3) is 7.86. The van der Waals surface area contributed by atoms with Crippen LogP contribution >= 0.6 is 11.6 Å². The van der Waals surface area contributed by atoms with E-state index in [0.29, 0.717) is 12.2 Å². The number of anilines is 1. The average molecular weight is 538 g/mol. The standard InChI is InChI=1S/C26H36ClN3O5S/c1-7-19(4)28-26(32)23(8-2)29(16-20-11-9-18(3)10-12-20)25(31)17-30(36(6,33)34)21-13-14-24(35-5)22(27)15-21/h9-15,19,23H,7-8,16-17H2,1-6H3,(H,28,32)/t19-,23-/m1/s1. The Morgan fingerprint density at radius 3 is 2.22 bits per heavy atom. The maximum absolute atomic E-state index is 13.7. The number of rotatable bonds is 12. The fourth-order valence-electron chi connectivity index (χ4n) is 3.67. The zero-order valence-corrected chi connectivity index (χ0v) is 23.3. The number of carbonyl (C=O) groups excluding carboxylic acids is 2. The van der Waals surface area contributed by atoms with E-state index in [1.807, 2.05) is 52.0 Å². The van der Waals surface area contributed by atoms with Gasteiger partial charge in [0.1, 0.15) is 18.3 Å². The second-order valence-electron chi connectivity index (χ2n) is 8.84. The van der Waals surface area contributed by atoms with Crippen LogP contribution in [0.4, 0.5) is 5.69 Å². The molecule has 0 unspecified atom stereocenters. The lowest BCUT2D eigenvalue weighted by molar-refractivity contribution is -0.140. The Balaban J connectivity index is 2.45. The minimum Gasteiger partial charge on any atom is -0.495 e. The minimum atomic E-state index is -3.85. The zero-order valence-electron chi connectivity index (χ0n) is 21.7. The van der Waals surface area contributed by atoms with Crippen LogP contribution in [-0.4, -0.2) is 57.1 Å². The molecular formula is C26H36ClN3O5S. The number of halogens is 1. The number of methoxy groups -OCH3 is 1. The summed E-state index contributed by atoms with van der Waals surface area (Å²) in [6.45, 7) is 7.33. The predicted molar refractivity (Wildman–Crippen MR) is 144 cm³/mol. The number of ether oxygens (including phenoxy) is 1. The SMILES string of the molecule is CC[C@@H](C)NC(=O)[C@@H](CC)N(Cc1ccc(C)cc1)C(=O)CN(c1ccc(OC)c(Cl)c1)S(C)(=O)=O. The smallest absolute Gasteiger partial charge is 0.244 e. The molecule has 8 nitrogen and oxygen atoms in total. The number of carbonyl (C=O) groups is 2. The largest absolute Gasteiger partial charge is 0.495 e. The van der Waals surface area contributed by atoms with Crippen molar-refractivity contribution in [1.29, 1.82) is 0 Å². The molecule has 2 aromatic rings. The normalized spacial score (nSPS) is 13.0. The fraction of sp³-hybridized carbons (Fsp3) is 0.462. The number of hydrogen-bond donors (Lipinski definition) is 1. The molecule has 0 radical (unpaired) electrons. The lowest BCUT2D eigenvalue weighted by atomic mass is 10.1. The van der Waals surface area contributed by atoms with E-state index in [4.69, 9.17) is 16.3 Å². The Morgan fingerprint density at radius 2 is 1.72 bits per heavy atom. The molecule has 0 aliphatic rings. The van der Waals surface area contributed by atoms with Gasteiger partial charge in [-0.15, -0.1) is 0 Å². The van der Waals surface area contributed by atoms with Crippen molar-refractivity contribution in [3.05, 3.63) is 58.6 Å². The van der Waals surface area contributed by atoms with Crippen LogP contribution in [0.2, 0.25) is 5.02 Å². The molecule has 10 heteroatoms. The monoisotopic (exact) mass is 537 g/mol. The number of hydrogen-bond acceptors (Lipinski definition) is 5. The molecule has 0 bridgehead atoms. The number of amides is 2. The van der Waals surface area contributed by atoms with Gasteiger partial charge in [0.05, 0.1) is 24.1 Å². The fourth-order valence-corrected chi connectivity index (χ4v) is 4.77. The van der Waals surface area contributed by atoms with Crippen molar-refractivity contribution in [2.24, 2.45) is 0 Å². The van der Waals surface area contributed by atoms with Crippen LogP contribution in [0.15, 0.2) is 42.5 Å². The Labute approximate surface area is 219 Å². The van der Waals surface area contributed by atoms with Crippen molar-refractivity contribution in [2.75, 3.05) is 24.2 Å². The van der Waals surface area contributed by atoms with Crippen LogP contribution < -0.4 is 14.4 Å². The van der Waals surface area contributed by atoms with E-state index in [0.717, 1.165) is 28.1 Å². The van der Waals surface area contributed by atoms with Gasteiger partial charge in [-0.1, -0.05) is 55.3 Å². The lowest BCUT2D eigenvalue weighted by Crippen LogP contribution is -2.53. The van der Waals surface area contributed by atoms with E-state index in [1.165, 1.54) is 24.1 Å². The second-order valence-corrected chi connectivity index (χ2v) is 11.2. The van der Waals surface area contributed by atoms with E-state index in [9.17, 15) is 18.0 Å². The van der Waals surface area contributed by atoms with Crippen LogP contribution in [-0.2, 0) is 26.2 Å². The highest BCUT2D eigenvalue weighted by molar-refractivity contribution is 7.92. The van der Waals surface area contributed by atoms with Gasteiger partial charge >= 0.3 is 0 Å². The van der Waals surface area contributed by atoms with Crippen LogP contribution in [0, 0.1) is 6.92 Å². The number of sulfonamides is 1. The van der Waals surface area contributed by atoms with Gasteiger partial charge in [-0.2, -0.15) is 0 Å². The minimum absolute atomic E-state index is 0.0585. The molecule has 0 heterocycles. The maximum atomic E-state index is 13.7. The van der Waals surface area contributed by atoms with E-state index in [1.54, 1.807) is 6.07 Å². The first-order valence-corrected chi connectivity index (χ1v) is 14.1. The quantitative estimate of drug-likeness (QED) is 0.439. The first kappa shape index (κ1) is 29.5. The number of aryl methyl sites for hydroxylation is 1. The summed E-state index contributed by atoms with van der Waals surface area (Å²) < 4.78 is 31.6. The van der Waals surface area contributed by atoms with Gasteiger partial charge in [0.2, 0.25) is 21.8 Å². The van der Waals surface area contributed by atoms with Gasteiger partial charge in [-0.05, 0) is 50.5 Å². The summed E-state index contributed by atoms with van der Waals surface area (Å²) in [5.74, 6) is -0.390. The van der Waals surface area contributed by atoms with Crippen molar-refractivity contribution >= 4 is 39.1 Å². The molecule has 2 atom stereocenters. The van der Waals surface area contributed by atoms with Crippen molar-refractivity contribution in [1.82, 2.24) is 10.2 Å². The van der Waals surface area contributed by atoms with Crippen molar-refractivity contribution in [3.63, 3.8) is 0 Å². The van der Waals surface area contributed by atoms with Crippen molar-refractivity contribution in [2.45, 2.75) is 59.2 Å². The highest BCUT2D eigenvalue weighted by atomic mass is 35.5. The average Bonchev–Trinajstić information content (AvgIpc) is 2.82. The molecule has 1 N–H and O–H groups in total. The third-order valence-corrected chi connectivity index (χ3v) is 7.40. The summed E-state index contributed by atoms with van der Waals surface area (Å²) >= 11 is 6.22. The third-order valence-electron chi connectivity index (χ3n) is 5.96. The zero-order chi connectivity index (χ0) is 27.0. The number of benzene rings is 2. The first-order chi connectivity index (χ1) is 16.9. The molecule has 0 aliphatic carbocycles. The van der Waals surface area contributed by atoms with Gasteiger partial charge in [0.25, 0.3) is 0 Å². The topological polar surface area (TPSA) is 96.0 Å². The summed E-state index contributed by atoms with van der Waals surface area (Å²) in [4.78, 5) is 28.3. The van der Waals surface area contributed by atoms with Crippen LogP contribution in [0.25, 0.3) is 0 Å². The number of nitrogens with one attached hydrogen (secondary N) is 1. The summed E-state index contributed by atoms with van der Waals surface area (Å²) in [7, 11) is -2.40. The van der Waals surface area contributed by atoms with Gasteiger partial charge in [0.15, 0.2) is 0 Å². The molecule has 0 fully saturated rings. The molecule has 0 spiro atoms. The summed E-state index contributed by atoms with van der Waals surface area (Å²) in [5, 5.41) is 3.16. The summed E-state index contributed by atoms with van der Waals surface area (Å²) in [6, 6.07) is 11.3. The Kier molecular flexibility index (Phi) is 10.6. The molecule has 2 amide bonds. The molecule has 2 aromatic carbocycles. The van der Waals surface area contributed by atoms with Gasteiger partial charge in [-0.3, -0.25) is 13.9 Å². The summed E-state index contributed by atoms with van der Waals surface area (Å²) in [5.41, 5.74) is 2.13. The van der Waals surface area contributed by atoms with E-state index < -0.39 is 28.5 Å². The lowest BCUT2D eigenvalue weighted by Gasteiger charge is -2.33. The van der Waals surface area contributed by atoms with Crippen molar-refractivity contribution in [3.8, 4) is 5.75 Å². The van der Waals surface area contributed by atoms with Gasteiger partial charge < -0.3 is 15.0 Å². The van der Waals surface area contributed by atoms with E-state index in [-0.39, 0.29) is 29.2 Å². The highest BCUT2D eigenvalue weighted by Crippen LogP contribution is 2.30. The van der Waals surface area contributed by atoms with Crippen LogP contribution in [0.5, 0.6) is 5.75 Å².